The fourth-order valence-corrected chi connectivity index (χ4v) is 3.59. The van der Waals surface area contributed by atoms with Crippen molar-refractivity contribution in [3.63, 3.8) is 0 Å². The average molecular weight is 417 g/mol. The van der Waals surface area contributed by atoms with Crippen molar-refractivity contribution in [1.82, 2.24) is 0 Å². The first kappa shape index (κ1) is 20.4. The molecule has 2 rings (SSSR count). The maximum Gasteiger partial charge on any atom is 0.245 e. The first-order chi connectivity index (χ1) is 12.3. The van der Waals surface area contributed by atoms with Crippen LogP contribution in [0.4, 0.5) is 11.4 Å². The van der Waals surface area contributed by atoms with Gasteiger partial charge in [-0.15, -0.1) is 0 Å². The molecule has 0 aliphatic rings. The molecule has 2 aromatic rings. The standard InChI is InChI=1S/C17H18Cl2N2O4S/c1-3-26(23,24)21(12-7-9-13(25-2)10-8-12)11-16(22)20-15-6-4-5-14(18)17(15)19/h4-10H,3,11H2,1-2H3,(H,20,22). The highest BCUT2D eigenvalue weighted by Gasteiger charge is 2.24. The largest absolute Gasteiger partial charge is 0.497 e. The van der Waals surface area contributed by atoms with Gasteiger partial charge in [0.25, 0.3) is 0 Å². The van der Waals surface area contributed by atoms with Crippen LogP contribution in [-0.4, -0.2) is 33.7 Å². The minimum absolute atomic E-state index is 0.149. The van der Waals surface area contributed by atoms with Crippen molar-refractivity contribution < 1.29 is 17.9 Å². The van der Waals surface area contributed by atoms with E-state index in [1.165, 1.54) is 14.0 Å². The lowest BCUT2D eigenvalue weighted by molar-refractivity contribution is -0.114. The molecular weight excluding hydrogens is 399 g/mol. The average Bonchev–Trinajstić information content (AvgIpc) is 2.63. The highest BCUT2D eigenvalue weighted by atomic mass is 35.5. The zero-order valence-electron chi connectivity index (χ0n) is 14.2. The first-order valence-electron chi connectivity index (χ1n) is 7.66. The molecule has 0 heterocycles. The molecule has 1 N–H and O–H groups in total. The van der Waals surface area contributed by atoms with Gasteiger partial charge >= 0.3 is 0 Å². The predicted octanol–water partition coefficient (Wildman–Crippen LogP) is 3.80. The number of sulfonamides is 1. The summed E-state index contributed by atoms with van der Waals surface area (Å²) in [6.07, 6.45) is 0. The van der Waals surface area contributed by atoms with Gasteiger partial charge in [0.2, 0.25) is 15.9 Å². The molecule has 1 amide bonds. The molecule has 0 fully saturated rings. The van der Waals surface area contributed by atoms with E-state index >= 15 is 0 Å². The highest BCUT2D eigenvalue weighted by Crippen LogP contribution is 2.29. The van der Waals surface area contributed by atoms with Crippen LogP contribution in [-0.2, 0) is 14.8 Å². The summed E-state index contributed by atoms with van der Waals surface area (Å²) in [5, 5.41) is 3.06. The Balaban J connectivity index is 2.26. The minimum atomic E-state index is -3.67. The molecule has 0 bridgehead atoms. The van der Waals surface area contributed by atoms with E-state index in [1.807, 2.05) is 0 Å². The van der Waals surface area contributed by atoms with Gasteiger partial charge in [-0.25, -0.2) is 8.42 Å². The van der Waals surface area contributed by atoms with Crippen LogP contribution in [0, 0.1) is 0 Å². The van der Waals surface area contributed by atoms with Crippen LogP contribution < -0.4 is 14.4 Å². The van der Waals surface area contributed by atoms with E-state index in [9.17, 15) is 13.2 Å². The van der Waals surface area contributed by atoms with Crippen molar-refractivity contribution in [2.24, 2.45) is 0 Å². The van der Waals surface area contributed by atoms with Gasteiger partial charge in [-0.3, -0.25) is 9.10 Å². The van der Waals surface area contributed by atoms with E-state index in [0.717, 1.165) is 4.31 Å². The normalized spacial score (nSPS) is 11.1. The number of halogens is 2. The zero-order valence-corrected chi connectivity index (χ0v) is 16.5. The van der Waals surface area contributed by atoms with Crippen molar-refractivity contribution in [2.45, 2.75) is 6.92 Å². The van der Waals surface area contributed by atoms with Crippen molar-refractivity contribution in [2.75, 3.05) is 29.0 Å². The lowest BCUT2D eigenvalue weighted by atomic mass is 10.3. The third kappa shape index (κ3) is 4.81. The molecule has 0 aliphatic carbocycles. The van der Waals surface area contributed by atoms with Crippen molar-refractivity contribution in [3.05, 3.63) is 52.5 Å². The molecule has 0 saturated heterocycles. The van der Waals surface area contributed by atoms with Gasteiger partial charge in [0, 0.05) is 0 Å². The van der Waals surface area contributed by atoms with E-state index in [-0.39, 0.29) is 15.8 Å². The fourth-order valence-electron chi connectivity index (χ4n) is 2.18. The summed E-state index contributed by atoms with van der Waals surface area (Å²) in [5.41, 5.74) is 0.674. The third-order valence-corrected chi connectivity index (χ3v) is 6.13. The third-order valence-electron chi connectivity index (χ3n) is 3.57. The number of hydrogen-bond acceptors (Lipinski definition) is 4. The summed E-state index contributed by atoms with van der Waals surface area (Å²) in [6.45, 7) is 1.11. The van der Waals surface area contributed by atoms with Crippen LogP contribution in [0.2, 0.25) is 10.0 Å². The van der Waals surface area contributed by atoms with Gasteiger partial charge in [-0.2, -0.15) is 0 Å². The molecule has 26 heavy (non-hydrogen) atoms. The Morgan fingerprint density at radius 1 is 1.15 bits per heavy atom. The highest BCUT2D eigenvalue weighted by molar-refractivity contribution is 7.92. The molecule has 140 valence electrons. The second-order valence-corrected chi connectivity index (χ2v) is 8.22. The molecule has 0 aliphatic heterocycles. The van der Waals surface area contributed by atoms with Gasteiger partial charge in [0.05, 0.1) is 34.3 Å². The number of benzene rings is 2. The van der Waals surface area contributed by atoms with Crippen molar-refractivity contribution >= 4 is 50.5 Å². The van der Waals surface area contributed by atoms with E-state index in [0.29, 0.717) is 17.1 Å². The molecule has 6 nitrogen and oxygen atoms in total. The van der Waals surface area contributed by atoms with Gasteiger partial charge in [0.15, 0.2) is 0 Å². The number of rotatable bonds is 7. The number of hydrogen-bond donors (Lipinski definition) is 1. The Kier molecular flexibility index (Phi) is 6.75. The lowest BCUT2D eigenvalue weighted by Crippen LogP contribution is -2.39. The Morgan fingerprint density at radius 3 is 2.38 bits per heavy atom. The monoisotopic (exact) mass is 416 g/mol. The summed E-state index contributed by atoms with van der Waals surface area (Å²) < 4.78 is 31.0. The molecule has 0 saturated carbocycles. The Bertz CT molecular complexity index is 886. The maximum absolute atomic E-state index is 12.4. The molecule has 0 unspecified atom stereocenters. The number of nitrogens with zero attached hydrogens (tertiary/aromatic N) is 1. The molecule has 0 spiro atoms. The van der Waals surface area contributed by atoms with Gasteiger partial charge < -0.3 is 10.1 Å². The Labute approximate surface area is 162 Å². The number of anilines is 2. The van der Waals surface area contributed by atoms with Crippen LogP contribution in [0.5, 0.6) is 5.75 Å². The lowest BCUT2D eigenvalue weighted by Gasteiger charge is -2.23. The Morgan fingerprint density at radius 2 is 1.81 bits per heavy atom. The molecule has 0 radical (unpaired) electrons. The fraction of sp³-hybridized carbons (Fsp3) is 0.235. The molecular formula is C17H18Cl2N2O4S. The summed E-state index contributed by atoms with van der Waals surface area (Å²) in [6, 6.07) is 11.2. The quantitative estimate of drug-likeness (QED) is 0.744. The van der Waals surface area contributed by atoms with E-state index < -0.39 is 22.5 Å². The number of methoxy groups -OCH3 is 1. The Hall–Kier alpha value is -1.96. The maximum atomic E-state index is 12.4. The van der Waals surface area contributed by atoms with E-state index in [2.05, 4.69) is 5.32 Å². The molecule has 9 heteroatoms. The SMILES string of the molecule is CCS(=O)(=O)N(CC(=O)Nc1cccc(Cl)c1Cl)c1ccc(OC)cc1. The van der Waals surface area contributed by atoms with Crippen LogP contribution in [0.3, 0.4) is 0 Å². The topological polar surface area (TPSA) is 75.7 Å². The van der Waals surface area contributed by atoms with E-state index in [4.69, 9.17) is 27.9 Å². The number of nitrogens with one attached hydrogen (secondary N) is 1. The van der Waals surface area contributed by atoms with Crippen molar-refractivity contribution in [1.29, 1.82) is 0 Å². The first-order valence-corrected chi connectivity index (χ1v) is 10.0. The van der Waals surface area contributed by atoms with Gasteiger partial charge in [-0.1, -0.05) is 29.3 Å². The van der Waals surface area contributed by atoms with Gasteiger partial charge in [-0.05, 0) is 43.3 Å². The smallest absolute Gasteiger partial charge is 0.245 e. The number of amides is 1. The van der Waals surface area contributed by atoms with Crippen LogP contribution in [0.15, 0.2) is 42.5 Å². The minimum Gasteiger partial charge on any atom is -0.497 e. The second-order valence-electron chi connectivity index (χ2n) is 5.25. The summed E-state index contributed by atoms with van der Waals surface area (Å²) in [5.74, 6) is -0.107. The summed E-state index contributed by atoms with van der Waals surface area (Å²) in [7, 11) is -2.15. The predicted molar refractivity (Wildman–Crippen MR) is 105 cm³/mol. The van der Waals surface area contributed by atoms with Crippen LogP contribution >= 0.6 is 23.2 Å². The van der Waals surface area contributed by atoms with Crippen molar-refractivity contribution in [3.8, 4) is 5.75 Å². The number of ether oxygens (including phenoxy) is 1. The zero-order chi connectivity index (χ0) is 19.3. The number of carbonyl (C=O) groups excluding carboxylic acids is 1. The molecule has 0 aromatic heterocycles. The summed E-state index contributed by atoms with van der Waals surface area (Å²) in [4.78, 5) is 12.4. The molecule has 2 aromatic carbocycles. The van der Waals surface area contributed by atoms with E-state index in [1.54, 1.807) is 42.5 Å². The van der Waals surface area contributed by atoms with Crippen LogP contribution in [0.1, 0.15) is 6.92 Å². The molecule has 0 atom stereocenters. The van der Waals surface area contributed by atoms with Gasteiger partial charge in [0.1, 0.15) is 12.3 Å². The van der Waals surface area contributed by atoms with Crippen LogP contribution in [0.25, 0.3) is 0 Å². The second kappa shape index (κ2) is 8.62. The number of carbonyl (C=O) groups is 1. The summed E-state index contributed by atoms with van der Waals surface area (Å²) >= 11 is 12.0.